The van der Waals surface area contributed by atoms with E-state index in [2.05, 4.69) is 31.1 Å². The molecule has 2 rings (SSSR count). The molecule has 0 radical (unpaired) electrons. The van der Waals surface area contributed by atoms with Crippen LogP contribution in [0.5, 0.6) is 5.88 Å². The van der Waals surface area contributed by atoms with Gasteiger partial charge in [-0.05, 0) is 30.4 Å². The number of nitrogens with one attached hydrogen (secondary N) is 1. The molecule has 0 amide bonds. The van der Waals surface area contributed by atoms with Gasteiger partial charge in [0.1, 0.15) is 11.4 Å². The van der Waals surface area contributed by atoms with Gasteiger partial charge in [-0.1, -0.05) is 20.8 Å². The summed E-state index contributed by atoms with van der Waals surface area (Å²) < 4.78 is 15.9. The van der Waals surface area contributed by atoms with Crippen molar-refractivity contribution < 1.29 is 19.0 Å². The van der Waals surface area contributed by atoms with Gasteiger partial charge in [-0.25, -0.2) is 4.79 Å². The van der Waals surface area contributed by atoms with Crippen LogP contribution < -0.4 is 10.1 Å². The van der Waals surface area contributed by atoms with Crippen molar-refractivity contribution in [2.24, 2.45) is 11.3 Å². The van der Waals surface area contributed by atoms with Gasteiger partial charge in [0.05, 0.1) is 20.3 Å². The monoisotopic (exact) mass is 336 g/mol. The fraction of sp³-hybridized carbons (Fsp3) is 0.667. The minimum absolute atomic E-state index is 0.104. The van der Waals surface area contributed by atoms with E-state index in [-0.39, 0.29) is 17.4 Å². The number of esters is 1. The van der Waals surface area contributed by atoms with E-state index < -0.39 is 5.97 Å². The van der Waals surface area contributed by atoms with E-state index in [1.165, 1.54) is 14.2 Å². The van der Waals surface area contributed by atoms with E-state index in [0.717, 1.165) is 26.0 Å². The standard InChI is InChI=1S/C18H28N2O4/c1-18(2,3)15-12(7-6-10-24-15)11-19-14-9-8-13(17(21)23-5)16(20-14)22-4/h8-9,12,15H,6-7,10-11H2,1-5H3,(H,19,20). The highest BCUT2D eigenvalue weighted by atomic mass is 16.5. The molecule has 1 saturated heterocycles. The number of hydrogen-bond acceptors (Lipinski definition) is 6. The van der Waals surface area contributed by atoms with Crippen LogP contribution in [-0.4, -0.2) is 44.4 Å². The number of pyridine rings is 1. The van der Waals surface area contributed by atoms with Crippen molar-refractivity contribution in [3.8, 4) is 5.88 Å². The summed E-state index contributed by atoms with van der Waals surface area (Å²) in [6.07, 6.45) is 2.43. The first kappa shape index (κ1) is 18.5. The molecule has 6 heteroatoms. The van der Waals surface area contributed by atoms with Crippen molar-refractivity contribution in [2.75, 3.05) is 32.7 Å². The van der Waals surface area contributed by atoms with Gasteiger partial charge in [0.2, 0.25) is 5.88 Å². The number of rotatable bonds is 5. The van der Waals surface area contributed by atoms with Gasteiger partial charge < -0.3 is 19.5 Å². The molecule has 1 aromatic rings. The lowest BCUT2D eigenvalue weighted by Gasteiger charge is -2.40. The SMILES string of the molecule is COC(=O)c1ccc(NCC2CCCOC2C(C)(C)C)nc1OC. The molecular formula is C18H28N2O4. The van der Waals surface area contributed by atoms with Gasteiger partial charge >= 0.3 is 5.97 Å². The third-order valence-corrected chi connectivity index (χ3v) is 4.30. The Morgan fingerprint density at radius 1 is 1.38 bits per heavy atom. The average Bonchev–Trinajstić information content (AvgIpc) is 2.58. The van der Waals surface area contributed by atoms with Gasteiger partial charge in [-0.2, -0.15) is 4.98 Å². The maximum absolute atomic E-state index is 11.7. The molecule has 2 heterocycles. The van der Waals surface area contributed by atoms with Crippen LogP contribution in [0.4, 0.5) is 5.82 Å². The molecule has 0 saturated carbocycles. The zero-order chi connectivity index (χ0) is 17.7. The number of carbonyl (C=O) groups excluding carboxylic acids is 1. The van der Waals surface area contributed by atoms with Crippen LogP contribution in [0.3, 0.4) is 0 Å². The normalized spacial score (nSPS) is 21.2. The summed E-state index contributed by atoms with van der Waals surface area (Å²) in [5.74, 6) is 0.906. The van der Waals surface area contributed by atoms with Crippen LogP contribution in [0.2, 0.25) is 0 Å². The quantitative estimate of drug-likeness (QED) is 0.833. The maximum Gasteiger partial charge on any atom is 0.343 e. The zero-order valence-corrected chi connectivity index (χ0v) is 15.2. The number of nitrogens with zero attached hydrogens (tertiary/aromatic N) is 1. The summed E-state index contributed by atoms with van der Waals surface area (Å²) in [7, 11) is 2.83. The van der Waals surface area contributed by atoms with Crippen LogP contribution in [0.25, 0.3) is 0 Å². The molecule has 6 nitrogen and oxygen atoms in total. The second-order valence-electron chi connectivity index (χ2n) is 7.19. The lowest BCUT2D eigenvalue weighted by Crippen LogP contribution is -2.42. The Hall–Kier alpha value is -1.82. The Labute approximate surface area is 143 Å². The lowest BCUT2D eigenvalue weighted by molar-refractivity contribution is -0.0814. The molecule has 0 spiro atoms. The first-order valence-electron chi connectivity index (χ1n) is 8.35. The number of carbonyl (C=O) groups is 1. The molecule has 2 unspecified atom stereocenters. The largest absolute Gasteiger partial charge is 0.480 e. The summed E-state index contributed by atoms with van der Waals surface area (Å²) in [5, 5.41) is 3.35. The zero-order valence-electron chi connectivity index (χ0n) is 15.2. The number of aromatic nitrogens is 1. The van der Waals surface area contributed by atoms with Crippen LogP contribution in [0, 0.1) is 11.3 Å². The van der Waals surface area contributed by atoms with Gasteiger partial charge in [-0.3, -0.25) is 0 Å². The molecule has 1 aliphatic rings. The van der Waals surface area contributed by atoms with Gasteiger partial charge in [0, 0.05) is 19.1 Å². The van der Waals surface area contributed by atoms with Crippen molar-refractivity contribution in [3.05, 3.63) is 17.7 Å². The Kier molecular flexibility index (Phi) is 6.04. The smallest absolute Gasteiger partial charge is 0.343 e. The van der Waals surface area contributed by atoms with Crippen molar-refractivity contribution in [2.45, 2.75) is 39.7 Å². The third kappa shape index (κ3) is 4.38. The van der Waals surface area contributed by atoms with E-state index in [9.17, 15) is 4.79 Å². The highest BCUT2D eigenvalue weighted by Crippen LogP contribution is 2.34. The van der Waals surface area contributed by atoms with Crippen molar-refractivity contribution in [3.63, 3.8) is 0 Å². The molecule has 1 aromatic heterocycles. The Bertz CT molecular complexity index is 569. The minimum Gasteiger partial charge on any atom is -0.480 e. The van der Waals surface area contributed by atoms with Gasteiger partial charge in [0.15, 0.2) is 0 Å². The van der Waals surface area contributed by atoms with E-state index in [1.807, 2.05) is 0 Å². The number of ether oxygens (including phenoxy) is 3. The molecule has 134 valence electrons. The fourth-order valence-electron chi connectivity index (χ4n) is 3.20. The molecule has 1 aliphatic heterocycles. The Balaban J connectivity index is 2.07. The fourth-order valence-corrected chi connectivity index (χ4v) is 3.20. The van der Waals surface area contributed by atoms with E-state index in [4.69, 9.17) is 14.2 Å². The number of anilines is 1. The second kappa shape index (κ2) is 7.83. The molecule has 2 atom stereocenters. The van der Waals surface area contributed by atoms with Crippen molar-refractivity contribution >= 4 is 11.8 Å². The Morgan fingerprint density at radius 2 is 2.12 bits per heavy atom. The highest BCUT2D eigenvalue weighted by Gasteiger charge is 2.35. The summed E-state index contributed by atoms with van der Waals surface area (Å²) in [4.78, 5) is 16.0. The predicted octanol–water partition coefficient (Wildman–Crippen LogP) is 3.13. The summed E-state index contributed by atoms with van der Waals surface area (Å²) in [5.41, 5.74) is 0.422. The Morgan fingerprint density at radius 3 is 2.75 bits per heavy atom. The summed E-state index contributed by atoms with van der Waals surface area (Å²) >= 11 is 0. The van der Waals surface area contributed by atoms with E-state index in [0.29, 0.717) is 17.3 Å². The van der Waals surface area contributed by atoms with E-state index >= 15 is 0 Å². The summed E-state index contributed by atoms with van der Waals surface area (Å²) in [6.45, 7) is 8.24. The third-order valence-electron chi connectivity index (χ3n) is 4.30. The van der Waals surface area contributed by atoms with Crippen LogP contribution >= 0.6 is 0 Å². The van der Waals surface area contributed by atoms with Gasteiger partial charge in [-0.15, -0.1) is 0 Å². The van der Waals surface area contributed by atoms with Gasteiger partial charge in [0.25, 0.3) is 0 Å². The molecule has 1 fully saturated rings. The molecule has 0 aromatic carbocycles. The molecule has 24 heavy (non-hydrogen) atoms. The van der Waals surface area contributed by atoms with E-state index in [1.54, 1.807) is 12.1 Å². The summed E-state index contributed by atoms with van der Waals surface area (Å²) in [6, 6.07) is 3.43. The molecule has 0 bridgehead atoms. The van der Waals surface area contributed by atoms with Crippen LogP contribution in [-0.2, 0) is 9.47 Å². The van der Waals surface area contributed by atoms with Crippen molar-refractivity contribution in [1.29, 1.82) is 0 Å². The molecular weight excluding hydrogens is 308 g/mol. The molecule has 0 aliphatic carbocycles. The average molecular weight is 336 g/mol. The highest BCUT2D eigenvalue weighted by molar-refractivity contribution is 5.92. The maximum atomic E-state index is 11.7. The first-order valence-corrected chi connectivity index (χ1v) is 8.35. The second-order valence-corrected chi connectivity index (χ2v) is 7.19. The number of methoxy groups -OCH3 is 2. The van der Waals surface area contributed by atoms with Crippen LogP contribution in [0.15, 0.2) is 12.1 Å². The predicted molar refractivity (Wildman–Crippen MR) is 92.5 cm³/mol. The number of hydrogen-bond donors (Lipinski definition) is 1. The van der Waals surface area contributed by atoms with Crippen molar-refractivity contribution in [1.82, 2.24) is 4.98 Å². The minimum atomic E-state index is -0.459. The topological polar surface area (TPSA) is 69.7 Å². The molecule has 1 N–H and O–H groups in total. The first-order chi connectivity index (χ1) is 11.4. The van der Waals surface area contributed by atoms with Crippen LogP contribution in [0.1, 0.15) is 44.0 Å². The lowest BCUT2D eigenvalue weighted by atomic mass is 9.78.